The molecule has 1 aromatic rings. The molecule has 0 saturated carbocycles. The Balaban J connectivity index is 1.95. The third kappa shape index (κ3) is 4.86. The van der Waals surface area contributed by atoms with Gasteiger partial charge in [-0.1, -0.05) is 0 Å². The molecular weight excluding hydrogens is 349 g/mol. The summed E-state index contributed by atoms with van der Waals surface area (Å²) in [6.45, 7) is 6.09. The summed E-state index contributed by atoms with van der Waals surface area (Å²) in [6.07, 6.45) is -4.32. The zero-order chi connectivity index (χ0) is 15.5. The van der Waals surface area contributed by atoms with E-state index in [0.717, 1.165) is 45.0 Å². The molecule has 0 aromatic heterocycles. The van der Waals surface area contributed by atoms with Crippen LogP contribution in [0.1, 0.15) is 12.5 Å². The van der Waals surface area contributed by atoms with Gasteiger partial charge >= 0.3 is 6.18 Å². The molecule has 1 aliphatic rings. The van der Waals surface area contributed by atoms with Crippen LogP contribution in [0.2, 0.25) is 0 Å². The largest absolute Gasteiger partial charge is 0.416 e. The van der Waals surface area contributed by atoms with Crippen molar-refractivity contribution in [3.8, 4) is 0 Å². The van der Waals surface area contributed by atoms with Gasteiger partial charge in [-0.05, 0) is 41.1 Å². The highest BCUT2D eigenvalue weighted by atomic mass is 79.9. The van der Waals surface area contributed by atoms with Crippen molar-refractivity contribution in [3.63, 3.8) is 0 Å². The van der Waals surface area contributed by atoms with Crippen molar-refractivity contribution in [2.75, 3.05) is 38.2 Å². The first-order chi connectivity index (χ1) is 9.86. The lowest BCUT2D eigenvalue weighted by molar-refractivity contribution is -0.137. The average molecular weight is 367 g/mol. The highest BCUT2D eigenvalue weighted by molar-refractivity contribution is 9.10. The van der Waals surface area contributed by atoms with Gasteiger partial charge in [0.25, 0.3) is 0 Å². The number of anilines is 1. The summed E-state index contributed by atoms with van der Waals surface area (Å²) in [7, 11) is 0. The Morgan fingerprint density at radius 2 is 2.00 bits per heavy atom. The summed E-state index contributed by atoms with van der Waals surface area (Å²) in [5.41, 5.74) is 0.0181. The number of nitrogens with one attached hydrogen (secondary N) is 1. The molecule has 1 saturated heterocycles. The minimum Gasteiger partial charge on any atom is -0.380 e. The zero-order valence-electron chi connectivity index (χ0n) is 11.7. The van der Waals surface area contributed by atoms with Gasteiger partial charge in [0, 0.05) is 35.8 Å². The maximum absolute atomic E-state index is 12.6. The first kappa shape index (κ1) is 16.6. The SMILES string of the molecule is CC(CN1CCOCC1)Nc1ccc(C(F)(F)F)cc1Br. The lowest BCUT2D eigenvalue weighted by atomic mass is 10.2. The van der Waals surface area contributed by atoms with E-state index < -0.39 is 11.7 Å². The number of nitrogens with zero attached hydrogens (tertiary/aromatic N) is 1. The molecule has 0 amide bonds. The van der Waals surface area contributed by atoms with Crippen molar-refractivity contribution >= 4 is 21.6 Å². The fourth-order valence-corrected chi connectivity index (χ4v) is 2.78. The predicted octanol–water partition coefficient (Wildman–Crippen LogP) is 3.60. The van der Waals surface area contributed by atoms with E-state index >= 15 is 0 Å². The summed E-state index contributed by atoms with van der Waals surface area (Å²) >= 11 is 3.20. The molecule has 1 unspecified atom stereocenters. The highest BCUT2D eigenvalue weighted by Gasteiger charge is 2.30. The summed E-state index contributed by atoms with van der Waals surface area (Å²) in [5.74, 6) is 0. The highest BCUT2D eigenvalue weighted by Crippen LogP contribution is 2.34. The fourth-order valence-electron chi connectivity index (χ4n) is 2.29. The van der Waals surface area contributed by atoms with E-state index in [1.807, 2.05) is 6.92 Å². The van der Waals surface area contributed by atoms with Crippen LogP contribution in [0.4, 0.5) is 18.9 Å². The first-order valence-corrected chi connectivity index (χ1v) is 7.59. The maximum Gasteiger partial charge on any atom is 0.416 e. The number of benzene rings is 1. The Hall–Kier alpha value is -0.790. The molecule has 0 bridgehead atoms. The van der Waals surface area contributed by atoms with Gasteiger partial charge in [-0.25, -0.2) is 0 Å². The van der Waals surface area contributed by atoms with Crippen LogP contribution in [0.15, 0.2) is 22.7 Å². The summed E-state index contributed by atoms with van der Waals surface area (Å²) in [5, 5.41) is 3.24. The van der Waals surface area contributed by atoms with Crippen LogP contribution in [0.3, 0.4) is 0 Å². The van der Waals surface area contributed by atoms with Gasteiger partial charge in [0.2, 0.25) is 0 Å². The molecule has 1 heterocycles. The van der Waals surface area contributed by atoms with Crippen LogP contribution in [0.5, 0.6) is 0 Å². The molecule has 0 spiro atoms. The van der Waals surface area contributed by atoms with Crippen LogP contribution in [-0.2, 0) is 10.9 Å². The number of hydrogen-bond donors (Lipinski definition) is 1. The molecule has 7 heteroatoms. The van der Waals surface area contributed by atoms with Gasteiger partial charge in [0.1, 0.15) is 0 Å². The van der Waals surface area contributed by atoms with Crippen molar-refractivity contribution in [1.29, 1.82) is 0 Å². The topological polar surface area (TPSA) is 24.5 Å². The number of ether oxygens (including phenoxy) is 1. The number of rotatable bonds is 4. The number of alkyl halides is 3. The molecule has 21 heavy (non-hydrogen) atoms. The zero-order valence-corrected chi connectivity index (χ0v) is 13.3. The third-order valence-corrected chi connectivity index (χ3v) is 3.99. The molecular formula is C14H18BrF3N2O. The molecule has 1 atom stereocenters. The number of halogens is 4. The van der Waals surface area contributed by atoms with Gasteiger partial charge in [-0.15, -0.1) is 0 Å². The number of morpholine rings is 1. The van der Waals surface area contributed by atoms with E-state index in [9.17, 15) is 13.2 Å². The Labute approximate surface area is 130 Å². The van der Waals surface area contributed by atoms with Crippen molar-refractivity contribution in [2.45, 2.75) is 19.1 Å². The average Bonchev–Trinajstić information content (AvgIpc) is 2.41. The van der Waals surface area contributed by atoms with Crippen LogP contribution >= 0.6 is 15.9 Å². The van der Waals surface area contributed by atoms with E-state index in [4.69, 9.17) is 4.74 Å². The Morgan fingerprint density at radius 3 is 2.57 bits per heavy atom. The Kier molecular flexibility index (Phi) is 5.51. The summed E-state index contributed by atoms with van der Waals surface area (Å²) in [6, 6.07) is 3.79. The minimum atomic E-state index is -4.32. The van der Waals surface area contributed by atoms with E-state index in [0.29, 0.717) is 10.2 Å². The Bertz CT molecular complexity index is 476. The standard InChI is InChI=1S/C14H18BrF3N2O/c1-10(9-20-4-6-21-7-5-20)19-13-3-2-11(8-12(13)15)14(16,17)18/h2-3,8,10,19H,4-7,9H2,1H3. The van der Waals surface area contributed by atoms with Crippen LogP contribution < -0.4 is 5.32 Å². The van der Waals surface area contributed by atoms with E-state index in [2.05, 4.69) is 26.1 Å². The smallest absolute Gasteiger partial charge is 0.380 e. The van der Waals surface area contributed by atoms with E-state index in [-0.39, 0.29) is 6.04 Å². The molecule has 0 radical (unpaired) electrons. The van der Waals surface area contributed by atoms with Crippen molar-refractivity contribution < 1.29 is 17.9 Å². The van der Waals surface area contributed by atoms with Crippen molar-refractivity contribution in [3.05, 3.63) is 28.2 Å². The molecule has 1 N–H and O–H groups in total. The third-order valence-electron chi connectivity index (χ3n) is 3.33. The van der Waals surface area contributed by atoms with Crippen LogP contribution in [0, 0.1) is 0 Å². The molecule has 1 fully saturated rings. The van der Waals surface area contributed by atoms with Gasteiger partial charge < -0.3 is 10.1 Å². The molecule has 0 aliphatic carbocycles. The van der Waals surface area contributed by atoms with Gasteiger partial charge in [0.05, 0.1) is 18.8 Å². The van der Waals surface area contributed by atoms with Crippen molar-refractivity contribution in [1.82, 2.24) is 4.90 Å². The maximum atomic E-state index is 12.6. The lowest BCUT2D eigenvalue weighted by Crippen LogP contribution is -2.42. The quantitative estimate of drug-likeness (QED) is 0.880. The minimum absolute atomic E-state index is 0.135. The molecule has 2 rings (SSSR count). The second-order valence-corrected chi connectivity index (χ2v) is 6.01. The fraction of sp³-hybridized carbons (Fsp3) is 0.571. The van der Waals surface area contributed by atoms with Gasteiger partial charge in [-0.3, -0.25) is 4.90 Å². The van der Waals surface area contributed by atoms with Crippen LogP contribution in [0.25, 0.3) is 0 Å². The lowest BCUT2D eigenvalue weighted by Gasteiger charge is -2.30. The van der Waals surface area contributed by atoms with Crippen molar-refractivity contribution in [2.24, 2.45) is 0 Å². The van der Waals surface area contributed by atoms with E-state index in [1.54, 1.807) is 0 Å². The number of hydrogen-bond acceptors (Lipinski definition) is 3. The second kappa shape index (κ2) is 6.98. The first-order valence-electron chi connectivity index (χ1n) is 6.79. The Morgan fingerprint density at radius 1 is 1.33 bits per heavy atom. The molecule has 118 valence electrons. The molecule has 3 nitrogen and oxygen atoms in total. The van der Waals surface area contributed by atoms with Gasteiger partial charge in [0.15, 0.2) is 0 Å². The predicted molar refractivity (Wildman–Crippen MR) is 79.5 cm³/mol. The van der Waals surface area contributed by atoms with Crippen LogP contribution in [-0.4, -0.2) is 43.8 Å². The normalized spacial score (nSPS) is 18.5. The molecule has 1 aliphatic heterocycles. The second-order valence-electron chi connectivity index (χ2n) is 5.15. The summed E-state index contributed by atoms with van der Waals surface area (Å²) in [4.78, 5) is 2.28. The monoisotopic (exact) mass is 366 g/mol. The van der Waals surface area contributed by atoms with Gasteiger partial charge in [-0.2, -0.15) is 13.2 Å². The molecule has 1 aromatic carbocycles. The summed E-state index contributed by atoms with van der Waals surface area (Å²) < 4.78 is 43.5. The van der Waals surface area contributed by atoms with E-state index in [1.165, 1.54) is 6.07 Å².